The Hall–Kier alpha value is -2.86. The molecule has 6 nitrogen and oxygen atoms in total. The molecule has 7 heteroatoms. The average Bonchev–Trinajstić information content (AvgIpc) is 2.62. The first-order chi connectivity index (χ1) is 12.4. The summed E-state index contributed by atoms with van der Waals surface area (Å²) in [5, 5.41) is 8.84. The van der Waals surface area contributed by atoms with E-state index in [4.69, 9.17) is 16.3 Å². The number of aryl methyl sites for hydroxylation is 2. The van der Waals surface area contributed by atoms with Crippen molar-refractivity contribution in [2.75, 3.05) is 12.4 Å². The Morgan fingerprint density at radius 3 is 2.65 bits per heavy atom. The third kappa shape index (κ3) is 3.41. The number of anilines is 1. The van der Waals surface area contributed by atoms with Crippen LogP contribution in [-0.2, 0) is 18.3 Å². The van der Waals surface area contributed by atoms with Gasteiger partial charge < -0.3 is 10.1 Å². The molecule has 1 aromatic heterocycles. The lowest BCUT2D eigenvalue weighted by molar-refractivity contribution is -0.115. The molecule has 0 saturated heterocycles. The van der Waals surface area contributed by atoms with Crippen LogP contribution in [0.25, 0.3) is 10.8 Å². The maximum atomic E-state index is 12.6. The molecule has 1 heterocycles. The minimum atomic E-state index is -0.263. The number of benzene rings is 2. The number of hydrogen-bond donors (Lipinski definition) is 1. The first-order valence-electron chi connectivity index (χ1n) is 7.99. The average molecular weight is 372 g/mol. The topological polar surface area (TPSA) is 73.2 Å². The second-order valence-corrected chi connectivity index (χ2v) is 6.35. The van der Waals surface area contributed by atoms with Gasteiger partial charge in [-0.1, -0.05) is 29.8 Å². The van der Waals surface area contributed by atoms with Gasteiger partial charge in [0.15, 0.2) is 0 Å². The van der Waals surface area contributed by atoms with Gasteiger partial charge in [0.25, 0.3) is 5.56 Å². The summed E-state index contributed by atoms with van der Waals surface area (Å²) in [5.41, 5.74) is 1.70. The lowest BCUT2D eigenvalue weighted by atomic mass is 10.1. The van der Waals surface area contributed by atoms with Gasteiger partial charge in [-0.05, 0) is 24.6 Å². The van der Waals surface area contributed by atoms with Crippen molar-refractivity contribution < 1.29 is 9.53 Å². The molecule has 0 aliphatic heterocycles. The summed E-state index contributed by atoms with van der Waals surface area (Å²) in [6, 6.07) is 10.5. The number of carbonyl (C=O) groups is 1. The molecular formula is C19H18ClN3O3. The number of fused-ring (bicyclic) bond motifs is 1. The van der Waals surface area contributed by atoms with Gasteiger partial charge in [0, 0.05) is 23.5 Å². The van der Waals surface area contributed by atoms with Crippen LogP contribution < -0.4 is 15.6 Å². The molecule has 0 bridgehead atoms. The second-order valence-electron chi connectivity index (χ2n) is 5.95. The molecule has 1 N–H and O–H groups in total. The Labute approximate surface area is 155 Å². The molecular weight excluding hydrogens is 354 g/mol. The molecule has 134 valence electrons. The van der Waals surface area contributed by atoms with Gasteiger partial charge in [-0.2, -0.15) is 5.10 Å². The van der Waals surface area contributed by atoms with E-state index in [0.717, 1.165) is 5.56 Å². The van der Waals surface area contributed by atoms with Crippen LogP contribution in [0, 0.1) is 6.92 Å². The highest BCUT2D eigenvalue weighted by Gasteiger charge is 2.15. The number of hydrogen-bond acceptors (Lipinski definition) is 4. The first kappa shape index (κ1) is 17.9. The van der Waals surface area contributed by atoms with Crippen molar-refractivity contribution in [3.8, 4) is 5.75 Å². The van der Waals surface area contributed by atoms with E-state index in [-0.39, 0.29) is 17.9 Å². The highest BCUT2D eigenvalue weighted by molar-refractivity contribution is 6.31. The van der Waals surface area contributed by atoms with Gasteiger partial charge in [-0.15, -0.1) is 0 Å². The third-order valence-electron chi connectivity index (χ3n) is 4.12. The fourth-order valence-corrected chi connectivity index (χ4v) is 2.94. The third-order valence-corrected chi connectivity index (χ3v) is 4.52. The zero-order valence-electron chi connectivity index (χ0n) is 14.7. The molecule has 3 aromatic rings. The van der Waals surface area contributed by atoms with E-state index < -0.39 is 0 Å². The maximum absolute atomic E-state index is 12.6. The van der Waals surface area contributed by atoms with Crippen molar-refractivity contribution in [2.45, 2.75) is 13.3 Å². The number of nitrogens with one attached hydrogen (secondary N) is 1. The number of halogens is 1. The predicted octanol–water partition coefficient (Wildman–Crippen LogP) is 3.09. The maximum Gasteiger partial charge on any atom is 0.274 e. The molecule has 0 aliphatic rings. The Balaban J connectivity index is 1.93. The Kier molecular flexibility index (Phi) is 4.95. The van der Waals surface area contributed by atoms with Crippen molar-refractivity contribution in [1.82, 2.24) is 9.78 Å². The SMILES string of the molecule is COc1cc(Cl)c(C)cc1NC(=O)Cc1nn(C)c(=O)c2ccccc12. The van der Waals surface area contributed by atoms with Gasteiger partial charge in [0.2, 0.25) is 5.91 Å². The lowest BCUT2D eigenvalue weighted by Crippen LogP contribution is -2.24. The molecule has 0 atom stereocenters. The normalized spacial score (nSPS) is 10.8. The van der Waals surface area contributed by atoms with E-state index in [1.165, 1.54) is 11.8 Å². The van der Waals surface area contributed by atoms with E-state index in [0.29, 0.717) is 32.9 Å². The van der Waals surface area contributed by atoms with E-state index >= 15 is 0 Å². The number of rotatable bonds is 4. The minimum Gasteiger partial charge on any atom is -0.495 e. The molecule has 0 fully saturated rings. The van der Waals surface area contributed by atoms with Gasteiger partial charge >= 0.3 is 0 Å². The van der Waals surface area contributed by atoms with Gasteiger partial charge in [-0.25, -0.2) is 4.68 Å². The molecule has 1 amide bonds. The monoisotopic (exact) mass is 371 g/mol. The Morgan fingerprint density at radius 1 is 1.27 bits per heavy atom. The summed E-state index contributed by atoms with van der Waals surface area (Å²) < 4.78 is 6.53. The number of aromatic nitrogens is 2. The van der Waals surface area contributed by atoms with Crippen LogP contribution >= 0.6 is 11.6 Å². The van der Waals surface area contributed by atoms with E-state index in [1.807, 2.05) is 13.0 Å². The highest BCUT2D eigenvalue weighted by atomic mass is 35.5. The smallest absolute Gasteiger partial charge is 0.274 e. The standard InChI is InChI=1S/C19H18ClN3O3/c1-11-8-16(17(26-3)9-14(11)20)21-18(24)10-15-12-6-4-5-7-13(12)19(25)23(2)22-15/h4-9H,10H2,1-3H3,(H,21,24). The molecule has 0 spiro atoms. The summed E-state index contributed by atoms with van der Waals surface area (Å²) >= 11 is 6.09. The second kappa shape index (κ2) is 7.17. The number of nitrogens with zero attached hydrogens (tertiary/aromatic N) is 2. The summed E-state index contributed by atoms with van der Waals surface area (Å²) in [4.78, 5) is 24.7. The van der Waals surface area contributed by atoms with Crippen LogP contribution in [0.5, 0.6) is 5.75 Å². The molecule has 3 rings (SSSR count). The summed E-state index contributed by atoms with van der Waals surface area (Å²) in [7, 11) is 3.08. The summed E-state index contributed by atoms with van der Waals surface area (Å²) in [5.74, 6) is 0.216. The first-order valence-corrected chi connectivity index (χ1v) is 8.37. The van der Waals surface area contributed by atoms with Crippen molar-refractivity contribution in [3.05, 3.63) is 63.0 Å². The molecule has 26 heavy (non-hydrogen) atoms. The molecule has 0 unspecified atom stereocenters. The Morgan fingerprint density at radius 2 is 1.96 bits per heavy atom. The number of methoxy groups -OCH3 is 1. The van der Waals surface area contributed by atoms with Gasteiger partial charge in [0.05, 0.1) is 30.3 Å². The fraction of sp³-hybridized carbons (Fsp3) is 0.211. The van der Waals surface area contributed by atoms with Gasteiger partial charge in [0.1, 0.15) is 5.75 Å². The highest BCUT2D eigenvalue weighted by Crippen LogP contribution is 2.31. The minimum absolute atomic E-state index is 0.0272. The van der Waals surface area contributed by atoms with Crippen molar-refractivity contribution in [3.63, 3.8) is 0 Å². The van der Waals surface area contributed by atoms with Gasteiger partial charge in [-0.3, -0.25) is 9.59 Å². The van der Waals surface area contributed by atoms with Crippen molar-refractivity contribution in [1.29, 1.82) is 0 Å². The van der Waals surface area contributed by atoms with Crippen LogP contribution in [0.1, 0.15) is 11.3 Å². The van der Waals surface area contributed by atoms with E-state index in [2.05, 4.69) is 10.4 Å². The zero-order chi connectivity index (χ0) is 18.8. The fourth-order valence-electron chi connectivity index (χ4n) is 2.78. The quantitative estimate of drug-likeness (QED) is 0.764. The van der Waals surface area contributed by atoms with Crippen molar-refractivity contribution >= 4 is 34.0 Å². The number of amides is 1. The molecule has 2 aromatic carbocycles. The number of carbonyl (C=O) groups excluding carboxylic acids is 1. The number of ether oxygens (including phenoxy) is 1. The summed E-state index contributed by atoms with van der Waals surface area (Å²) in [6.07, 6.45) is 0.0272. The van der Waals surface area contributed by atoms with E-state index in [9.17, 15) is 9.59 Å². The molecule has 0 radical (unpaired) electrons. The van der Waals surface area contributed by atoms with Crippen LogP contribution in [0.15, 0.2) is 41.2 Å². The largest absolute Gasteiger partial charge is 0.495 e. The van der Waals surface area contributed by atoms with E-state index in [1.54, 1.807) is 37.4 Å². The van der Waals surface area contributed by atoms with Crippen LogP contribution in [0.4, 0.5) is 5.69 Å². The Bertz CT molecular complexity index is 1060. The zero-order valence-corrected chi connectivity index (χ0v) is 15.4. The van der Waals surface area contributed by atoms with Crippen LogP contribution in [0.3, 0.4) is 0 Å². The van der Waals surface area contributed by atoms with Crippen molar-refractivity contribution in [2.24, 2.45) is 7.05 Å². The molecule has 0 aliphatic carbocycles. The molecule has 0 saturated carbocycles. The summed E-state index contributed by atoms with van der Waals surface area (Å²) in [6.45, 7) is 1.85. The predicted molar refractivity (Wildman–Crippen MR) is 102 cm³/mol. The lowest BCUT2D eigenvalue weighted by Gasteiger charge is -2.13. The van der Waals surface area contributed by atoms with Crippen LogP contribution in [0.2, 0.25) is 5.02 Å². The van der Waals surface area contributed by atoms with Crippen LogP contribution in [-0.4, -0.2) is 22.8 Å².